The maximum absolute atomic E-state index is 10.3. The van der Waals surface area contributed by atoms with Gasteiger partial charge in [-0.25, -0.2) is 0 Å². The topological polar surface area (TPSA) is 40.5 Å². The standard InChI is InChI=1S/C27H44O2/c1-18(2)26(29)15-9-20(4)24-13-14-25-21(7-6-16-27(24,25)5)10-11-22-17-23(28)12-8-19(22)3/h10-11,18,20,23-26,28-29H,3,6-9,12-17H2,1-2,4-5H3/t20-,23+,24-,25?,26-,27-/m1/s1. The van der Waals surface area contributed by atoms with Crippen molar-refractivity contribution in [3.8, 4) is 0 Å². The second kappa shape index (κ2) is 9.52. The Labute approximate surface area is 179 Å². The van der Waals surface area contributed by atoms with Gasteiger partial charge in [0.05, 0.1) is 12.2 Å². The van der Waals surface area contributed by atoms with Crippen LogP contribution in [0, 0.1) is 29.1 Å². The van der Waals surface area contributed by atoms with Crippen molar-refractivity contribution < 1.29 is 10.2 Å². The molecule has 0 aromatic rings. The molecule has 2 heteroatoms. The molecular weight excluding hydrogens is 356 g/mol. The van der Waals surface area contributed by atoms with Crippen LogP contribution in [0.15, 0.2) is 35.5 Å². The highest BCUT2D eigenvalue weighted by atomic mass is 16.3. The summed E-state index contributed by atoms with van der Waals surface area (Å²) in [5.41, 5.74) is 4.52. The number of hydrogen-bond donors (Lipinski definition) is 2. The largest absolute Gasteiger partial charge is 0.393 e. The third kappa shape index (κ3) is 5.07. The summed E-state index contributed by atoms with van der Waals surface area (Å²) in [6.45, 7) is 13.4. The minimum Gasteiger partial charge on any atom is -0.393 e. The molecule has 0 heterocycles. The molecular formula is C27H44O2. The van der Waals surface area contributed by atoms with E-state index in [1.165, 1.54) is 43.3 Å². The van der Waals surface area contributed by atoms with Gasteiger partial charge in [-0.05, 0) is 98.9 Å². The first kappa shape index (κ1) is 22.8. The fraction of sp³-hybridized carbons (Fsp3) is 0.778. The van der Waals surface area contributed by atoms with Gasteiger partial charge in [-0.1, -0.05) is 57.6 Å². The Balaban J connectivity index is 1.70. The maximum atomic E-state index is 10.3. The third-order valence-corrected chi connectivity index (χ3v) is 8.60. The average molecular weight is 401 g/mol. The van der Waals surface area contributed by atoms with E-state index in [1.54, 1.807) is 5.57 Å². The van der Waals surface area contributed by atoms with Crippen molar-refractivity contribution in [2.24, 2.45) is 29.1 Å². The van der Waals surface area contributed by atoms with E-state index in [4.69, 9.17) is 0 Å². The van der Waals surface area contributed by atoms with Crippen molar-refractivity contribution in [2.75, 3.05) is 0 Å². The highest BCUT2D eigenvalue weighted by Crippen LogP contribution is 2.59. The number of rotatable bonds is 6. The van der Waals surface area contributed by atoms with Crippen LogP contribution < -0.4 is 0 Å². The summed E-state index contributed by atoms with van der Waals surface area (Å²) in [5, 5.41) is 20.3. The molecule has 3 aliphatic rings. The molecule has 0 spiro atoms. The fourth-order valence-electron chi connectivity index (χ4n) is 6.58. The molecule has 3 rings (SSSR count). The molecule has 0 aliphatic heterocycles. The van der Waals surface area contributed by atoms with Gasteiger partial charge in [0, 0.05) is 0 Å². The smallest absolute Gasteiger partial charge is 0.0583 e. The van der Waals surface area contributed by atoms with Crippen LogP contribution in [-0.2, 0) is 0 Å². The molecule has 1 unspecified atom stereocenters. The van der Waals surface area contributed by atoms with Gasteiger partial charge < -0.3 is 10.2 Å². The van der Waals surface area contributed by atoms with Crippen LogP contribution in [0.4, 0.5) is 0 Å². The molecule has 0 aromatic heterocycles. The predicted octanol–water partition coefficient (Wildman–Crippen LogP) is 6.59. The van der Waals surface area contributed by atoms with Crippen molar-refractivity contribution in [3.63, 3.8) is 0 Å². The van der Waals surface area contributed by atoms with E-state index in [0.29, 0.717) is 23.2 Å². The minimum absolute atomic E-state index is 0.158. The van der Waals surface area contributed by atoms with E-state index in [1.807, 2.05) is 0 Å². The average Bonchev–Trinajstić information content (AvgIpc) is 3.04. The summed E-state index contributed by atoms with van der Waals surface area (Å²) in [7, 11) is 0. The number of aliphatic hydroxyl groups excluding tert-OH is 2. The molecule has 0 amide bonds. The fourth-order valence-corrected chi connectivity index (χ4v) is 6.58. The first-order chi connectivity index (χ1) is 13.7. The number of aliphatic hydroxyl groups is 2. The molecule has 0 aromatic carbocycles. The predicted molar refractivity (Wildman–Crippen MR) is 123 cm³/mol. The Kier molecular flexibility index (Phi) is 7.49. The Morgan fingerprint density at radius 3 is 2.59 bits per heavy atom. The van der Waals surface area contributed by atoms with Gasteiger partial charge in [0.1, 0.15) is 0 Å². The highest BCUT2D eigenvalue weighted by Gasteiger charge is 2.50. The molecule has 164 valence electrons. The van der Waals surface area contributed by atoms with Crippen LogP contribution in [0.3, 0.4) is 0 Å². The van der Waals surface area contributed by atoms with E-state index < -0.39 is 0 Å². The quantitative estimate of drug-likeness (QED) is 0.528. The Bertz CT molecular complexity index is 643. The lowest BCUT2D eigenvalue weighted by molar-refractivity contribution is 0.0717. The van der Waals surface area contributed by atoms with Crippen molar-refractivity contribution >= 4 is 0 Å². The molecule has 2 N–H and O–H groups in total. The van der Waals surface area contributed by atoms with E-state index in [2.05, 4.69) is 46.4 Å². The van der Waals surface area contributed by atoms with Crippen molar-refractivity contribution in [3.05, 3.63) is 35.5 Å². The van der Waals surface area contributed by atoms with Crippen molar-refractivity contribution in [1.29, 1.82) is 0 Å². The van der Waals surface area contributed by atoms with Crippen LogP contribution in [0.25, 0.3) is 0 Å². The summed E-state index contributed by atoms with van der Waals surface area (Å²) in [5.74, 6) is 2.52. The summed E-state index contributed by atoms with van der Waals surface area (Å²) in [4.78, 5) is 0. The van der Waals surface area contributed by atoms with Crippen LogP contribution in [0.2, 0.25) is 0 Å². The molecule has 29 heavy (non-hydrogen) atoms. The number of allylic oxidation sites excluding steroid dienone is 4. The monoisotopic (exact) mass is 400 g/mol. The molecule has 3 saturated carbocycles. The third-order valence-electron chi connectivity index (χ3n) is 8.60. The van der Waals surface area contributed by atoms with E-state index >= 15 is 0 Å². The highest BCUT2D eigenvalue weighted by molar-refractivity contribution is 5.36. The lowest BCUT2D eigenvalue weighted by atomic mass is 9.60. The van der Waals surface area contributed by atoms with Crippen LogP contribution in [-0.4, -0.2) is 22.4 Å². The summed E-state index contributed by atoms with van der Waals surface area (Å²) in [6, 6.07) is 0. The van der Waals surface area contributed by atoms with E-state index in [0.717, 1.165) is 38.0 Å². The Morgan fingerprint density at radius 2 is 1.86 bits per heavy atom. The minimum atomic E-state index is -0.195. The van der Waals surface area contributed by atoms with E-state index in [-0.39, 0.29) is 12.2 Å². The summed E-state index contributed by atoms with van der Waals surface area (Å²) < 4.78 is 0. The van der Waals surface area contributed by atoms with Gasteiger partial charge in [0.15, 0.2) is 0 Å². The Morgan fingerprint density at radius 1 is 1.10 bits per heavy atom. The van der Waals surface area contributed by atoms with Crippen molar-refractivity contribution in [2.45, 2.75) is 104 Å². The van der Waals surface area contributed by atoms with E-state index in [9.17, 15) is 10.2 Å². The molecule has 0 radical (unpaired) electrons. The number of fused-ring (bicyclic) bond motifs is 1. The van der Waals surface area contributed by atoms with Gasteiger partial charge in [0.2, 0.25) is 0 Å². The SMILES string of the molecule is C=C1CC[C@H](O)CC1=CC=C1CCC[C@@]2(C)C1CC[C@@H]2[C@H](C)CC[C@@H](O)C(C)C. The zero-order valence-corrected chi connectivity index (χ0v) is 19.3. The lowest BCUT2D eigenvalue weighted by Gasteiger charge is -2.44. The van der Waals surface area contributed by atoms with Gasteiger partial charge in [-0.2, -0.15) is 0 Å². The van der Waals surface area contributed by atoms with Gasteiger partial charge in [0.25, 0.3) is 0 Å². The van der Waals surface area contributed by atoms with Gasteiger partial charge >= 0.3 is 0 Å². The van der Waals surface area contributed by atoms with Crippen LogP contribution >= 0.6 is 0 Å². The first-order valence-corrected chi connectivity index (χ1v) is 12.2. The molecule has 2 nitrogen and oxygen atoms in total. The van der Waals surface area contributed by atoms with Gasteiger partial charge in [-0.3, -0.25) is 0 Å². The molecule has 0 saturated heterocycles. The van der Waals surface area contributed by atoms with Crippen LogP contribution in [0.5, 0.6) is 0 Å². The maximum Gasteiger partial charge on any atom is 0.0583 e. The second-order valence-electron chi connectivity index (χ2n) is 10.9. The summed E-state index contributed by atoms with van der Waals surface area (Å²) in [6.07, 6.45) is 15.5. The second-order valence-corrected chi connectivity index (χ2v) is 10.9. The number of hydrogen-bond acceptors (Lipinski definition) is 2. The first-order valence-electron chi connectivity index (χ1n) is 12.2. The molecule has 3 aliphatic carbocycles. The normalized spacial score (nSPS) is 37.9. The van der Waals surface area contributed by atoms with Gasteiger partial charge in [-0.15, -0.1) is 0 Å². The Hall–Kier alpha value is -0.860. The summed E-state index contributed by atoms with van der Waals surface area (Å²) >= 11 is 0. The molecule has 3 fully saturated rings. The van der Waals surface area contributed by atoms with Crippen molar-refractivity contribution in [1.82, 2.24) is 0 Å². The lowest BCUT2D eigenvalue weighted by Crippen LogP contribution is -2.36. The zero-order valence-electron chi connectivity index (χ0n) is 19.3. The zero-order chi connectivity index (χ0) is 21.2. The molecule has 6 atom stereocenters. The van der Waals surface area contributed by atoms with Crippen LogP contribution in [0.1, 0.15) is 91.9 Å². The molecule has 0 bridgehead atoms.